The molecular formula is C8H12N2O2S. The highest BCUT2D eigenvalue weighted by Gasteiger charge is 2.18. The van der Waals surface area contributed by atoms with Crippen molar-refractivity contribution in [2.24, 2.45) is 4.40 Å². The van der Waals surface area contributed by atoms with Gasteiger partial charge in [0.2, 0.25) is 0 Å². The minimum absolute atomic E-state index is 0.333. The lowest BCUT2D eigenvalue weighted by atomic mass is 10.3. The summed E-state index contributed by atoms with van der Waals surface area (Å²) in [5, 5.41) is 3.61. The Morgan fingerprint density at radius 3 is 2.77 bits per heavy atom. The summed E-state index contributed by atoms with van der Waals surface area (Å²) in [6, 6.07) is 1.66. The van der Waals surface area contributed by atoms with Gasteiger partial charge < -0.3 is 4.52 Å². The van der Waals surface area contributed by atoms with Crippen LogP contribution in [-0.2, 0) is 11.0 Å². The van der Waals surface area contributed by atoms with Crippen molar-refractivity contribution in [3.63, 3.8) is 0 Å². The molecule has 0 aliphatic heterocycles. The molecule has 5 heteroatoms. The molecule has 1 aromatic rings. The van der Waals surface area contributed by atoms with Crippen LogP contribution in [0.1, 0.15) is 26.5 Å². The standard InChI is InChI=1S/C8H12N2O2S/c1-8(2,3)13(11)9-6-7-4-5-12-10-7/h4-6H,1-3H3. The molecule has 0 fully saturated rings. The molecule has 1 aromatic heterocycles. The SMILES string of the molecule is CC(C)(C)S(=O)N=Cc1ccon1. The van der Waals surface area contributed by atoms with Crippen LogP contribution in [0.25, 0.3) is 0 Å². The molecule has 0 saturated carbocycles. The zero-order chi connectivity index (χ0) is 9.90. The molecule has 1 rings (SSSR count). The predicted octanol–water partition coefficient (Wildman–Crippen LogP) is 1.56. The average Bonchev–Trinajstić information content (AvgIpc) is 2.50. The molecule has 0 radical (unpaired) electrons. The third-order valence-electron chi connectivity index (χ3n) is 1.26. The van der Waals surface area contributed by atoms with Gasteiger partial charge in [0.25, 0.3) is 0 Å². The highest BCUT2D eigenvalue weighted by molar-refractivity contribution is 7.85. The first-order valence-electron chi connectivity index (χ1n) is 3.86. The maximum absolute atomic E-state index is 11.4. The molecule has 1 atom stereocenters. The highest BCUT2D eigenvalue weighted by Crippen LogP contribution is 2.11. The second kappa shape index (κ2) is 3.83. The van der Waals surface area contributed by atoms with E-state index >= 15 is 0 Å². The molecule has 72 valence electrons. The Hall–Kier alpha value is -0.970. The predicted molar refractivity (Wildman–Crippen MR) is 52.0 cm³/mol. The Bertz CT molecular complexity index is 311. The van der Waals surface area contributed by atoms with Crippen LogP contribution in [0.5, 0.6) is 0 Å². The van der Waals surface area contributed by atoms with E-state index < -0.39 is 11.0 Å². The molecule has 13 heavy (non-hydrogen) atoms. The summed E-state index contributed by atoms with van der Waals surface area (Å²) in [6.07, 6.45) is 2.90. The second-order valence-corrected chi connectivity index (χ2v) is 5.45. The van der Waals surface area contributed by atoms with Crippen LogP contribution in [0, 0.1) is 0 Å². The zero-order valence-electron chi connectivity index (χ0n) is 7.85. The molecule has 1 unspecified atom stereocenters. The Kier molecular flexibility index (Phi) is 2.98. The topological polar surface area (TPSA) is 55.5 Å². The van der Waals surface area contributed by atoms with Gasteiger partial charge in [-0.15, -0.1) is 0 Å². The van der Waals surface area contributed by atoms with E-state index in [1.54, 1.807) is 6.07 Å². The van der Waals surface area contributed by atoms with Crippen molar-refractivity contribution in [3.05, 3.63) is 18.0 Å². The highest BCUT2D eigenvalue weighted by atomic mass is 32.2. The van der Waals surface area contributed by atoms with Gasteiger partial charge in [-0.1, -0.05) is 5.16 Å². The third kappa shape index (κ3) is 3.10. The van der Waals surface area contributed by atoms with Crippen molar-refractivity contribution >= 4 is 17.2 Å². The smallest absolute Gasteiger partial charge is 0.144 e. The third-order valence-corrected chi connectivity index (χ3v) is 2.61. The van der Waals surface area contributed by atoms with Gasteiger partial charge in [-0.25, -0.2) is 4.21 Å². The molecule has 0 aliphatic carbocycles. The van der Waals surface area contributed by atoms with Gasteiger partial charge in [0.1, 0.15) is 22.9 Å². The van der Waals surface area contributed by atoms with E-state index in [9.17, 15) is 4.21 Å². The van der Waals surface area contributed by atoms with E-state index in [1.165, 1.54) is 12.5 Å². The van der Waals surface area contributed by atoms with Crippen LogP contribution in [0.3, 0.4) is 0 Å². The first-order chi connectivity index (χ1) is 6.00. The molecular weight excluding hydrogens is 188 g/mol. The van der Waals surface area contributed by atoms with Crippen molar-refractivity contribution < 1.29 is 8.73 Å². The molecule has 0 amide bonds. The van der Waals surface area contributed by atoms with E-state index in [2.05, 4.69) is 14.1 Å². The molecule has 0 aliphatic rings. The summed E-state index contributed by atoms with van der Waals surface area (Å²) in [4.78, 5) is 0. The van der Waals surface area contributed by atoms with Crippen LogP contribution >= 0.6 is 0 Å². The molecule has 0 N–H and O–H groups in total. The van der Waals surface area contributed by atoms with E-state index in [0.717, 1.165) is 0 Å². The fourth-order valence-electron chi connectivity index (χ4n) is 0.548. The van der Waals surface area contributed by atoms with Gasteiger partial charge in [0, 0.05) is 6.07 Å². The van der Waals surface area contributed by atoms with Gasteiger partial charge in [0.15, 0.2) is 0 Å². The Balaban J connectivity index is 2.65. The first-order valence-corrected chi connectivity index (χ1v) is 4.97. The fraction of sp³-hybridized carbons (Fsp3) is 0.500. The van der Waals surface area contributed by atoms with Gasteiger partial charge in [-0.3, -0.25) is 0 Å². The van der Waals surface area contributed by atoms with E-state index in [0.29, 0.717) is 5.69 Å². The lowest BCUT2D eigenvalue weighted by molar-refractivity contribution is 0.419. The van der Waals surface area contributed by atoms with E-state index in [-0.39, 0.29) is 4.75 Å². The molecule has 4 nitrogen and oxygen atoms in total. The van der Waals surface area contributed by atoms with Crippen molar-refractivity contribution in [2.45, 2.75) is 25.5 Å². The Morgan fingerprint density at radius 2 is 2.31 bits per heavy atom. The van der Waals surface area contributed by atoms with Crippen molar-refractivity contribution in [1.29, 1.82) is 0 Å². The lowest BCUT2D eigenvalue weighted by Gasteiger charge is -2.12. The van der Waals surface area contributed by atoms with E-state index in [1.807, 2.05) is 20.8 Å². The summed E-state index contributed by atoms with van der Waals surface area (Å²) in [6.45, 7) is 5.59. The molecule has 0 aromatic carbocycles. The van der Waals surface area contributed by atoms with E-state index in [4.69, 9.17) is 0 Å². The number of rotatable bonds is 2. The fourth-order valence-corrected chi connectivity index (χ4v) is 1.07. The Morgan fingerprint density at radius 1 is 1.62 bits per heavy atom. The van der Waals surface area contributed by atoms with Crippen LogP contribution in [0.2, 0.25) is 0 Å². The molecule has 0 bridgehead atoms. The van der Waals surface area contributed by atoms with Crippen molar-refractivity contribution in [2.75, 3.05) is 0 Å². The van der Waals surface area contributed by atoms with Crippen LogP contribution in [0.4, 0.5) is 0 Å². The van der Waals surface area contributed by atoms with Crippen LogP contribution in [0.15, 0.2) is 21.3 Å². The lowest BCUT2D eigenvalue weighted by Crippen LogP contribution is -2.19. The van der Waals surface area contributed by atoms with Crippen LogP contribution in [-0.4, -0.2) is 20.3 Å². The zero-order valence-corrected chi connectivity index (χ0v) is 8.67. The van der Waals surface area contributed by atoms with Crippen molar-refractivity contribution in [1.82, 2.24) is 5.16 Å². The van der Waals surface area contributed by atoms with Gasteiger partial charge in [-0.05, 0) is 20.8 Å². The van der Waals surface area contributed by atoms with Gasteiger partial charge in [-0.2, -0.15) is 4.40 Å². The first kappa shape index (κ1) is 10.1. The Labute approximate surface area is 79.6 Å². The summed E-state index contributed by atoms with van der Waals surface area (Å²) >= 11 is 0. The molecule has 0 saturated heterocycles. The maximum Gasteiger partial charge on any atom is 0.144 e. The summed E-state index contributed by atoms with van der Waals surface area (Å²) < 4.78 is 19.5. The molecule has 1 heterocycles. The molecule has 0 spiro atoms. The summed E-state index contributed by atoms with van der Waals surface area (Å²) in [5.41, 5.74) is 0.581. The summed E-state index contributed by atoms with van der Waals surface area (Å²) in [7, 11) is -1.23. The average molecular weight is 200 g/mol. The minimum atomic E-state index is -1.23. The monoisotopic (exact) mass is 200 g/mol. The number of hydrogen-bond acceptors (Lipinski definition) is 3. The minimum Gasteiger partial charge on any atom is -0.364 e. The quantitative estimate of drug-likeness (QED) is 0.681. The second-order valence-electron chi connectivity index (χ2n) is 3.52. The van der Waals surface area contributed by atoms with Crippen molar-refractivity contribution in [3.8, 4) is 0 Å². The number of hydrogen-bond donors (Lipinski definition) is 0. The van der Waals surface area contributed by atoms with Crippen LogP contribution < -0.4 is 0 Å². The largest absolute Gasteiger partial charge is 0.364 e. The maximum atomic E-state index is 11.4. The number of aromatic nitrogens is 1. The number of nitrogens with zero attached hydrogens (tertiary/aromatic N) is 2. The van der Waals surface area contributed by atoms with Gasteiger partial charge in [0.05, 0.1) is 11.0 Å². The van der Waals surface area contributed by atoms with Gasteiger partial charge >= 0.3 is 0 Å². The normalized spacial score (nSPS) is 15.0. The summed E-state index contributed by atoms with van der Waals surface area (Å²) in [5.74, 6) is 0.